The molecule has 7 heteroatoms. The van der Waals surface area contributed by atoms with Gasteiger partial charge in [0.1, 0.15) is 0 Å². The summed E-state index contributed by atoms with van der Waals surface area (Å²) in [5, 5.41) is 0.562. The molecule has 1 saturated heterocycles. The van der Waals surface area contributed by atoms with Crippen molar-refractivity contribution in [1.29, 1.82) is 0 Å². The molecule has 0 atom stereocenters. The number of thioether (sulfide) groups is 1. The molecule has 27 heavy (non-hydrogen) atoms. The SMILES string of the molecule is C=CCN1C(=O)/C(=C/c2cccc(OC)c2OC)S/C1=N/c1ccccn1. The van der Waals surface area contributed by atoms with Crippen molar-refractivity contribution >= 4 is 34.7 Å². The average molecular weight is 381 g/mol. The zero-order valence-electron chi connectivity index (χ0n) is 15.1. The Morgan fingerprint density at radius 2 is 2.07 bits per heavy atom. The van der Waals surface area contributed by atoms with Crippen molar-refractivity contribution in [2.75, 3.05) is 20.8 Å². The molecule has 0 saturated carbocycles. The summed E-state index contributed by atoms with van der Waals surface area (Å²) in [5.41, 5.74) is 0.755. The first kappa shape index (κ1) is 18.7. The zero-order chi connectivity index (χ0) is 19.2. The van der Waals surface area contributed by atoms with Gasteiger partial charge in [-0.2, -0.15) is 0 Å². The Balaban J connectivity index is 2.00. The molecule has 6 nitrogen and oxygen atoms in total. The number of amides is 1. The Hall–Kier alpha value is -3.06. The van der Waals surface area contributed by atoms with Crippen LogP contribution in [0.2, 0.25) is 0 Å². The molecule has 1 aromatic heterocycles. The van der Waals surface area contributed by atoms with E-state index < -0.39 is 0 Å². The van der Waals surface area contributed by atoms with E-state index in [1.54, 1.807) is 43.5 Å². The van der Waals surface area contributed by atoms with Crippen LogP contribution in [-0.2, 0) is 4.79 Å². The third-order valence-electron chi connectivity index (χ3n) is 3.78. The summed E-state index contributed by atoms with van der Waals surface area (Å²) >= 11 is 1.29. The molecule has 0 unspecified atom stereocenters. The molecule has 2 aromatic rings. The lowest BCUT2D eigenvalue weighted by molar-refractivity contribution is -0.121. The van der Waals surface area contributed by atoms with Gasteiger partial charge in [0.15, 0.2) is 22.5 Å². The number of hydrogen-bond acceptors (Lipinski definition) is 6. The normalized spacial score (nSPS) is 16.8. The van der Waals surface area contributed by atoms with E-state index in [2.05, 4.69) is 16.6 Å². The number of methoxy groups -OCH3 is 2. The Morgan fingerprint density at radius 1 is 1.22 bits per heavy atom. The van der Waals surface area contributed by atoms with E-state index in [0.717, 1.165) is 5.56 Å². The number of carbonyl (C=O) groups is 1. The monoisotopic (exact) mass is 381 g/mol. The van der Waals surface area contributed by atoms with Crippen LogP contribution in [0, 0.1) is 0 Å². The summed E-state index contributed by atoms with van der Waals surface area (Å²) in [5.74, 6) is 1.58. The van der Waals surface area contributed by atoms with Gasteiger partial charge >= 0.3 is 0 Å². The third-order valence-corrected chi connectivity index (χ3v) is 4.79. The molecule has 3 rings (SSSR count). The molecule has 1 aromatic carbocycles. The largest absolute Gasteiger partial charge is 0.493 e. The lowest BCUT2D eigenvalue weighted by Crippen LogP contribution is -2.29. The molecule has 0 N–H and O–H groups in total. The molecule has 1 amide bonds. The average Bonchev–Trinajstić information content (AvgIpc) is 2.97. The minimum absolute atomic E-state index is 0.139. The van der Waals surface area contributed by atoms with Crippen molar-refractivity contribution in [2.24, 2.45) is 4.99 Å². The highest BCUT2D eigenvalue weighted by Crippen LogP contribution is 2.37. The van der Waals surface area contributed by atoms with E-state index in [-0.39, 0.29) is 5.91 Å². The smallest absolute Gasteiger partial charge is 0.267 e. The van der Waals surface area contributed by atoms with Crippen molar-refractivity contribution < 1.29 is 14.3 Å². The van der Waals surface area contributed by atoms with Gasteiger partial charge in [-0.1, -0.05) is 24.3 Å². The first-order chi connectivity index (χ1) is 13.2. The highest BCUT2D eigenvalue weighted by Gasteiger charge is 2.33. The van der Waals surface area contributed by atoms with E-state index in [0.29, 0.717) is 33.9 Å². The first-order valence-corrected chi connectivity index (χ1v) is 9.02. The van der Waals surface area contributed by atoms with Gasteiger partial charge < -0.3 is 9.47 Å². The van der Waals surface area contributed by atoms with Crippen LogP contribution in [0.5, 0.6) is 11.5 Å². The minimum atomic E-state index is -0.139. The van der Waals surface area contributed by atoms with Gasteiger partial charge in [0, 0.05) is 18.3 Å². The fraction of sp³-hybridized carbons (Fsp3) is 0.150. The number of rotatable bonds is 6. The lowest BCUT2D eigenvalue weighted by atomic mass is 10.1. The summed E-state index contributed by atoms with van der Waals surface area (Å²) in [6.45, 7) is 4.09. The van der Waals surface area contributed by atoms with Gasteiger partial charge in [-0.25, -0.2) is 9.98 Å². The standard InChI is InChI=1S/C20H19N3O3S/c1-4-12-23-19(24)16(27-20(23)22-17-10-5-6-11-21-17)13-14-8-7-9-15(25-2)18(14)26-3/h4-11,13H,1,12H2,2-3H3/b16-13-,22-20+. The van der Waals surface area contributed by atoms with Crippen molar-refractivity contribution in [2.45, 2.75) is 0 Å². The van der Waals surface area contributed by atoms with E-state index in [1.165, 1.54) is 11.8 Å². The summed E-state index contributed by atoms with van der Waals surface area (Å²) in [4.78, 5) is 23.7. The molecule has 1 aliphatic rings. The molecular formula is C20H19N3O3S. The van der Waals surface area contributed by atoms with Crippen LogP contribution in [0.1, 0.15) is 5.56 Å². The number of ether oxygens (including phenoxy) is 2. The molecule has 0 radical (unpaired) electrons. The summed E-state index contributed by atoms with van der Waals surface area (Å²) in [7, 11) is 3.15. The second-order valence-electron chi connectivity index (χ2n) is 5.48. The highest BCUT2D eigenvalue weighted by molar-refractivity contribution is 8.18. The summed E-state index contributed by atoms with van der Waals surface area (Å²) < 4.78 is 10.8. The molecule has 138 valence electrons. The molecular weight excluding hydrogens is 362 g/mol. The maximum absolute atomic E-state index is 12.9. The number of aliphatic imine (C=N–C) groups is 1. The number of amidine groups is 1. The Labute approximate surface area is 162 Å². The molecule has 2 heterocycles. The minimum Gasteiger partial charge on any atom is -0.493 e. The fourth-order valence-corrected chi connectivity index (χ4v) is 3.55. The van der Waals surface area contributed by atoms with E-state index >= 15 is 0 Å². The number of hydrogen-bond donors (Lipinski definition) is 0. The van der Waals surface area contributed by atoms with Crippen molar-refractivity contribution in [3.05, 3.63) is 65.7 Å². The number of aromatic nitrogens is 1. The van der Waals surface area contributed by atoms with Crippen LogP contribution in [0.3, 0.4) is 0 Å². The van der Waals surface area contributed by atoms with Crippen LogP contribution in [-0.4, -0.2) is 41.7 Å². The van der Waals surface area contributed by atoms with E-state index in [9.17, 15) is 4.79 Å². The topological polar surface area (TPSA) is 64.0 Å². The Bertz CT molecular complexity index is 910. The van der Waals surface area contributed by atoms with Crippen LogP contribution in [0.4, 0.5) is 5.82 Å². The van der Waals surface area contributed by atoms with Gasteiger partial charge in [0.2, 0.25) is 0 Å². The number of benzene rings is 1. The Kier molecular flexibility index (Phi) is 5.93. The predicted molar refractivity (Wildman–Crippen MR) is 108 cm³/mol. The molecule has 0 spiro atoms. The van der Waals surface area contributed by atoms with E-state index in [4.69, 9.17) is 9.47 Å². The van der Waals surface area contributed by atoms with Crippen molar-refractivity contribution in [1.82, 2.24) is 9.88 Å². The quantitative estimate of drug-likeness (QED) is 0.561. The maximum Gasteiger partial charge on any atom is 0.267 e. The molecule has 0 aliphatic carbocycles. The lowest BCUT2D eigenvalue weighted by Gasteiger charge is -2.12. The van der Waals surface area contributed by atoms with Gasteiger partial charge in [-0.15, -0.1) is 6.58 Å². The zero-order valence-corrected chi connectivity index (χ0v) is 15.9. The third kappa shape index (κ3) is 4.03. The fourth-order valence-electron chi connectivity index (χ4n) is 2.57. The van der Waals surface area contributed by atoms with E-state index in [1.807, 2.05) is 30.3 Å². The summed E-state index contributed by atoms with van der Waals surface area (Å²) in [6.07, 6.45) is 5.11. The summed E-state index contributed by atoms with van der Waals surface area (Å²) in [6, 6.07) is 11.0. The number of carbonyl (C=O) groups excluding carboxylic acids is 1. The molecule has 1 fully saturated rings. The van der Waals surface area contributed by atoms with Crippen molar-refractivity contribution in [3.8, 4) is 11.5 Å². The van der Waals surface area contributed by atoms with Gasteiger partial charge in [-0.05, 0) is 36.0 Å². The predicted octanol–water partition coefficient (Wildman–Crippen LogP) is 3.89. The van der Waals surface area contributed by atoms with Crippen LogP contribution in [0.25, 0.3) is 6.08 Å². The molecule has 0 bridgehead atoms. The second kappa shape index (κ2) is 8.55. The van der Waals surface area contributed by atoms with Crippen LogP contribution in [0.15, 0.2) is 65.1 Å². The molecule has 1 aliphatic heterocycles. The van der Waals surface area contributed by atoms with Crippen molar-refractivity contribution in [3.63, 3.8) is 0 Å². The Morgan fingerprint density at radius 3 is 2.74 bits per heavy atom. The number of nitrogens with zero attached hydrogens (tertiary/aromatic N) is 3. The van der Waals surface area contributed by atoms with Crippen LogP contribution < -0.4 is 9.47 Å². The van der Waals surface area contributed by atoms with Gasteiger partial charge in [0.05, 0.1) is 19.1 Å². The second-order valence-corrected chi connectivity index (χ2v) is 6.49. The van der Waals surface area contributed by atoms with Gasteiger partial charge in [0.25, 0.3) is 5.91 Å². The number of para-hydroxylation sites is 1. The highest BCUT2D eigenvalue weighted by atomic mass is 32.2. The van der Waals surface area contributed by atoms with Gasteiger partial charge in [-0.3, -0.25) is 9.69 Å². The number of pyridine rings is 1. The first-order valence-electron chi connectivity index (χ1n) is 8.21. The van der Waals surface area contributed by atoms with Crippen LogP contribution >= 0.6 is 11.8 Å². The maximum atomic E-state index is 12.9.